The average Bonchev–Trinajstić information content (AvgIpc) is 2.97. The molecule has 3 rings (SSSR count). The van der Waals surface area contributed by atoms with E-state index in [2.05, 4.69) is 15.6 Å². The third-order valence-corrected chi connectivity index (χ3v) is 4.69. The standard InChI is InChI=1S/C17H15FN4O3S/c1-17(25,14(19)23)9-2-7-12-13(8-9)26-16(21-12)22-15(24)20-11-5-3-10(18)4-6-11/h2-8,25H,1H3,(H2,19,23)(H2,20,21,22,24). The zero-order chi connectivity index (χ0) is 18.9. The molecule has 7 nitrogen and oxygen atoms in total. The van der Waals surface area contributed by atoms with Gasteiger partial charge < -0.3 is 16.2 Å². The summed E-state index contributed by atoms with van der Waals surface area (Å²) in [6, 6.07) is 9.59. The molecule has 1 heterocycles. The summed E-state index contributed by atoms with van der Waals surface area (Å²) in [5.41, 5.74) is 4.78. The van der Waals surface area contributed by atoms with Crippen LogP contribution in [0.25, 0.3) is 10.2 Å². The summed E-state index contributed by atoms with van der Waals surface area (Å²) in [4.78, 5) is 27.6. The lowest BCUT2D eigenvalue weighted by atomic mass is 9.95. The van der Waals surface area contributed by atoms with Gasteiger partial charge in [0.1, 0.15) is 5.82 Å². The molecule has 0 bridgehead atoms. The fraction of sp³-hybridized carbons (Fsp3) is 0.118. The van der Waals surface area contributed by atoms with Crippen LogP contribution in [0.5, 0.6) is 0 Å². The largest absolute Gasteiger partial charge is 0.376 e. The van der Waals surface area contributed by atoms with Crippen molar-refractivity contribution in [3.8, 4) is 0 Å². The molecule has 1 atom stereocenters. The molecule has 0 radical (unpaired) electrons. The highest BCUT2D eigenvalue weighted by molar-refractivity contribution is 7.22. The Morgan fingerprint density at radius 2 is 1.88 bits per heavy atom. The van der Waals surface area contributed by atoms with Crippen LogP contribution in [0.2, 0.25) is 0 Å². The van der Waals surface area contributed by atoms with Gasteiger partial charge in [-0.05, 0) is 48.9 Å². The molecular formula is C17H15FN4O3S. The number of halogens is 1. The number of nitrogens with one attached hydrogen (secondary N) is 2. The zero-order valence-corrected chi connectivity index (χ0v) is 14.4. The minimum atomic E-state index is -1.80. The number of nitrogens with two attached hydrogens (primary N) is 1. The maximum Gasteiger partial charge on any atom is 0.325 e. The molecular weight excluding hydrogens is 359 g/mol. The second-order valence-corrected chi connectivity index (χ2v) is 6.75. The van der Waals surface area contributed by atoms with Crippen LogP contribution in [0.15, 0.2) is 42.5 Å². The van der Waals surface area contributed by atoms with Gasteiger partial charge in [0.2, 0.25) is 0 Å². The van der Waals surface area contributed by atoms with Crippen molar-refractivity contribution in [2.75, 3.05) is 10.6 Å². The fourth-order valence-corrected chi connectivity index (χ4v) is 3.12. The van der Waals surface area contributed by atoms with Gasteiger partial charge in [-0.2, -0.15) is 0 Å². The first kappa shape index (κ1) is 17.8. The van der Waals surface area contributed by atoms with Gasteiger partial charge in [-0.25, -0.2) is 14.2 Å². The predicted octanol–water partition coefficient (Wildman–Crippen LogP) is 2.77. The number of hydrogen-bond acceptors (Lipinski definition) is 5. The Kier molecular flexibility index (Phi) is 4.58. The number of hydrogen-bond donors (Lipinski definition) is 4. The van der Waals surface area contributed by atoms with Gasteiger partial charge in [-0.15, -0.1) is 0 Å². The number of carbonyl (C=O) groups is 2. The van der Waals surface area contributed by atoms with E-state index < -0.39 is 23.4 Å². The summed E-state index contributed by atoms with van der Waals surface area (Å²) < 4.78 is 13.5. The Hall–Kier alpha value is -3.04. The highest BCUT2D eigenvalue weighted by Crippen LogP contribution is 2.30. The van der Waals surface area contributed by atoms with Crippen molar-refractivity contribution in [1.82, 2.24) is 4.98 Å². The summed E-state index contributed by atoms with van der Waals surface area (Å²) in [5, 5.41) is 15.6. The highest BCUT2D eigenvalue weighted by atomic mass is 32.1. The monoisotopic (exact) mass is 374 g/mol. The topological polar surface area (TPSA) is 117 Å². The van der Waals surface area contributed by atoms with E-state index in [1.54, 1.807) is 18.2 Å². The number of benzene rings is 2. The van der Waals surface area contributed by atoms with E-state index in [1.165, 1.54) is 42.5 Å². The van der Waals surface area contributed by atoms with E-state index in [1.807, 2.05) is 0 Å². The second-order valence-electron chi connectivity index (χ2n) is 5.72. The van der Waals surface area contributed by atoms with Gasteiger partial charge in [0.25, 0.3) is 5.91 Å². The normalized spacial score (nSPS) is 13.2. The van der Waals surface area contributed by atoms with Crippen LogP contribution in [0.4, 0.5) is 20.0 Å². The first-order chi connectivity index (χ1) is 12.3. The van der Waals surface area contributed by atoms with Crippen molar-refractivity contribution >= 4 is 44.3 Å². The summed E-state index contributed by atoms with van der Waals surface area (Å²) in [7, 11) is 0. The molecule has 134 valence electrons. The molecule has 0 saturated heterocycles. The summed E-state index contributed by atoms with van der Waals surface area (Å²) >= 11 is 1.17. The SMILES string of the molecule is CC(O)(C(N)=O)c1ccc2nc(NC(=O)Nc3ccc(F)cc3)sc2c1. The summed E-state index contributed by atoms with van der Waals surface area (Å²) in [5.74, 6) is -1.26. The molecule has 0 saturated carbocycles. The number of amides is 3. The van der Waals surface area contributed by atoms with Crippen LogP contribution < -0.4 is 16.4 Å². The number of urea groups is 1. The zero-order valence-electron chi connectivity index (χ0n) is 13.6. The number of anilines is 2. The molecule has 0 fully saturated rings. The lowest BCUT2D eigenvalue weighted by molar-refractivity contribution is -0.135. The van der Waals surface area contributed by atoms with E-state index in [0.29, 0.717) is 26.6 Å². The lowest BCUT2D eigenvalue weighted by Crippen LogP contribution is -2.38. The third kappa shape index (κ3) is 3.63. The number of primary amides is 1. The molecule has 3 aromatic rings. The van der Waals surface area contributed by atoms with Crippen LogP contribution in [0.3, 0.4) is 0 Å². The fourth-order valence-electron chi connectivity index (χ4n) is 2.22. The average molecular weight is 374 g/mol. The van der Waals surface area contributed by atoms with Gasteiger partial charge >= 0.3 is 6.03 Å². The van der Waals surface area contributed by atoms with Crippen LogP contribution >= 0.6 is 11.3 Å². The van der Waals surface area contributed by atoms with Crippen molar-refractivity contribution in [3.63, 3.8) is 0 Å². The van der Waals surface area contributed by atoms with E-state index >= 15 is 0 Å². The molecule has 5 N–H and O–H groups in total. The molecule has 3 amide bonds. The molecule has 9 heteroatoms. The van der Waals surface area contributed by atoms with Crippen molar-refractivity contribution in [2.24, 2.45) is 5.73 Å². The van der Waals surface area contributed by atoms with Crippen molar-refractivity contribution in [1.29, 1.82) is 0 Å². The molecule has 0 spiro atoms. The second kappa shape index (κ2) is 6.70. The molecule has 26 heavy (non-hydrogen) atoms. The maximum atomic E-state index is 12.9. The quantitative estimate of drug-likeness (QED) is 0.562. The number of carbonyl (C=O) groups excluding carboxylic acids is 2. The number of aliphatic hydroxyl groups is 1. The third-order valence-electron chi connectivity index (χ3n) is 3.75. The van der Waals surface area contributed by atoms with Gasteiger partial charge in [-0.1, -0.05) is 17.4 Å². The molecule has 2 aromatic carbocycles. The van der Waals surface area contributed by atoms with Crippen LogP contribution in [0, 0.1) is 5.82 Å². The van der Waals surface area contributed by atoms with Crippen LogP contribution in [-0.4, -0.2) is 22.0 Å². The summed E-state index contributed by atoms with van der Waals surface area (Å²) in [6.07, 6.45) is 0. The van der Waals surface area contributed by atoms with Gasteiger partial charge in [0, 0.05) is 5.69 Å². The van der Waals surface area contributed by atoms with Crippen LogP contribution in [0.1, 0.15) is 12.5 Å². The van der Waals surface area contributed by atoms with Crippen molar-refractivity contribution in [3.05, 3.63) is 53.8 Å². The molecule has 1 unspecified atom stereocenters. The number of fused-ring (bicyclic) bond motifs is 1. The first-order valence-electron chi connectivity index (χ1n) is 7.52. The maximum absolute atomic E-state index is 12.9. The number of rotatable bonds is 4. The lowest BCUT2D eigenvalue weighted by Gasteiger charge is -2.19. The van der Waals surface area contributed by atoms with Gasteiger partial charge in [0.15, 0.2) is 10.7 Å². The first-order valence-corrected chi connectivity index (χ1v) is 8.34. The van der Waals surface area contributed by atoms with Crippen molar-refractivity contribution in [2.45, 2.75) is 12.5 Å². The Balaban J connectivity index is 1.77. The Labute approximate surface area is 151 Å². The number of aromatic nitrogens is 1. The molecule has 0 aliphatic rings. The predicted molar refractivity (Wildman–Crippen MR) is 97.4 cm³/mol. The van der Waals surface area contributed by atoms with Crippen LogP contribution in [-0.2, 0) is 10.4 Å². The number of nitrogens with zero attached hydrogens (tertiary/aromatic N) is 1. The van der Waals surface area contributed by atoms with E-state index in [9.17, 15) is 19.1 Å². The summed E-state index contributed by atoms with van der Waals surface area (Å²) in [6.45, 7) is 1.31. The van der Waals surface area contributed by atoms with Gasteiger partial charge in [-0.3, -0.25) is 10.1 Å². The Morgan fingerprint density at radius 3 is 2.54 bits per heavy atom. The molecule has 1 aromatic heterocycles. The minimum Gasteiger partial charge on any atom is -0.376 e. The van der Waals surface area contributed by atoms with Crippen molar-refractivity contribution < 1.29 is 19.1 Å². The minimum absolute atomic E-state index is 0.329. The van der Waals surface area contributed by atoms with E-state index in [4.69, 9.17) is 5.73 Å². The van der Waals surface area contributed by atoms with E-state index in [-0.39, 0.29) is 0 Å². The van der Waals surface area contributed by atoms with E-state index in [0.717, 1.165) is 0 Å². The molecule has 0 aliphatic carbocycles. The Morgan fingerprint density at radius 1 is 1.19 bits per heavy atom. The highest BCUT2D eigenvalue weighted by Gasteiger charge is 2.30. The Bertz CT molecular complexity index is 985. The molecule has 0 aliphatic heterocycles. The van der Waals surface area contributed by atoms with Gasteiger partial charge in [0.05, 0.1) is 10.2 Å². The smallest absolute Gasteiger partial charge is 0.325 e. The number of thiazole rings is 1.